The predicted molar refractivity (Wildman–Crippen MR) is 166 cm³/mol. The molecule has 0 spiro atoms. The standard InChI is InChI=1S/2C6H5.2C5H12N.2C3H8OSi.2Sn/c2*1-2-4-6-5-3-1;2*1-4-5-6(2)3;2*1-5(2,3)4;;/h2*1-5H;2*1,4-5H2,2-3H3;2*1H2,2-3H3;;/q;;;;2*-1;2*+1. The molecule has 0 bridgehead atoms. The van der Waals surface area contributed by atoms with Crippen molar-refractivity contribution in [3.8, 4) is 0 Å². The zero-order valence-electron chi connectivity index (χ0n) is 24.1. The Labute approximate surface area is 232 Å². The third-order valence-electron chi connectivity index (χ3n) is 7.34. The van der Waals surface area contributed by atoms with E-state index in [9.17, 15) is 0 Å². The summed E-state index contributed by atoms with van der Waals surface area (Å²) >= 11 is -6.38. The predicted octanol–water partition coefficient (Wildman–Crippen LogP) is 5.13. The van der Waals surface area contributed by atoms with Gasteiger partial charge in [-0.05, 0) is 0 Å². The van der Waals surface area contributed by atoms with E-state index < -0.39 is 54.2 Å². The monoisotopic (exact) mass is 742 g/mol. The van der Waals surface area contributed by atoms with Gasteiger partial charge < -0.3 is 0 Å². The maximum atomic E-state index is 7.80. The van der Waals surface area contributed by atoms with Crippen molar-refractivity contribution >= 4 is 61.4 Å². The molecule has 0 saturated carbocycles. The number of rotatable bonds is 10. The van der Waals surface area contributed by atoms with Gasteiger partial charge in [0.1, 0.15) is 0 Å². The van der Waals surface area contributed by atoms with Crippen molar-refractivity contribution in [2.45, 2.75) is 56.0 Å². The first-order chi connectivity index (χ1) is 16.9. The molecule has 0 N–H and O–H groups in total. The average molecular weight is 740 g/mol. The Hall–Kier alpha value is 0.311. The second kappa shape index (κ2) is 13.1. The van der Waals surface area contributed by atoms with Crippen LogP contribution in [0.15, 0.2) is 60.7 Å². The molecule has 1 aliphatic rings. The van der Waals surface area contributed by atoms with Crippen LogP contribution in [0.1, 0.15) is 12.8 Å². The number of benzene rings is 2. The topological polar surface area (TPSA) is 24.9 Å². The van der Waals surface area contributed by atoms with Crippen molar-refractivity contribution in [3.63, 3.8) is 0 Å². The van der Waals surface area contributed by atoms with Crippen LogP contribution in [-0.4, -0.2) is 105 Å². The summed E-state index contributed by atoms with van der Waals surface area (Å²) in [7, 11) is 4.84. The molecule has 200 valence electrons. The van der Waals surface area contributed by atoms with Crippen LogP contribution in [0.3, 0.4) is 0 Å². The van der Waals surface area contributed by atoms with Crippen LogP contribution in [-0.2, 0) is 5.53 Å². The molecule has 0 amide bonds. The van der Waals surface area contributed by atoms with Gasteiger partial charge in [-0.15, -0.1) is 0 Å². The first-order valence-electron chi connectivity index (χ1n) is 13.7. The van der Waals surface area contributed by atoms with Gasteiger partial charge in [-0.2, -0.15) is 0 Å². The molecule has 2 aromatic rings. The van der Waals surface area contributed by atoms with E-state index in [0.29, 0.717) is 0 Å². The summed E-state index contributed by atoms with van der Waals surface area (Å²) in [5, 5.41) is 0. The summed E-state index contributed by atoms with van der Waals surface area (Å²) in [6.45, 7) is 12.4. The summed E-state index contributed by atoms with van der Waals surface area (Å²) in [6, 6.07) is 22.9. The molecular weight excluding hydrogens is 690 g/mol. The van der Waals surface area contributed by atoms with Gasteiger partial charge >= 0.3 is 235 Å². The third-order valence-corrected chi connectivity index (χ3v) is 67.1. The van der Waals surface area contributed by atoms with Crippen molar-refractivity contribution in [2.75, 3.05) is 41.3 Å². The molecule has 1 heterocycles. The zero-order valence-corrected chi connectivity index (χ0v) is 31.8. The van der Waals surface area contributed by atoms with Gasteiger partial charge in [-0.3, -0.25) is 0 Å². The Morgan fingerprint density at radius 1 is 0.611 bits per heavy atom. The Kier molecular flexibility index (Phi) is 11.2. The van der Waals surface area contributed by atoms with Crippen molar-refractivity contribution in [1.29, 1.82) is 0 Å². The molecule has 2 atom stereocenters. The van der Waals surface area contributed by atoms with Crippen LogP contribution in [0, 0.1) is 0 Å². The molecular formula is C28H50N2O2Si2Sn2. The molecule has 1 aliphatic heterocycles. The third kappa shape index (κ3) is 8.66. The summed E-state index contributed by atoms with van der Waals surface area (Å²) in [4.78, 5) is 4.66. The van der Waals surface area contributed by atoms with Crippen molar-refractivity contribution in [2.24, 2.45) is 0 Å². The molecule has 2 unspecified atom stereocenters. The first-order valence-corrected chi connectivity index (χ1v) is 33.2. The van der Waals surface area contributed by atoms with E-state index in [1.54, 1.807) is 7.16 Å². The molecule has 1 saturated heterocycles. The van der Waals surface area contributed by atoms with E-state index in [0.717, 1.165) is 13.1 Å². The summed E-state index contributed by atoms with van der Waals surface area (Å²) < 4.78 is 23.7. The van der Waals surface area contributed by atoms with Gasteiger partial charge in [0, 0.05) is 0 Å². The second-order valence-electron chi connectivity index (χ2n) is 12.6. The Bertz CT molecular complexity index is 850. The summed E-state index contributed by atoms with van der Waals surface area (Å²) in [5.41, 5.74) is 0. The van der Waals surface area contributed by atoms with E-state index >= 15 is 0 Å². The molecule has 8 heteroatoms. The molecule has 2 aromatic carbocycles. The molecule has 3 rings (SSSR count). The molecule has 0 radical (unpaired) electrons. The van der Waals surface area contributed by atoms with E-state index in [1.807, 2.05) is 0 Å². The fraction of sp³-hybridized carbons (Fsp3) is 0.571. The van der Waals surface area contributed by atoms with Gasteiger partial charge in [-0.25, -0.2) is 0 Å². The van der Waals surface area contributed by atoms with Crippen LogP contribution >= 0.6 is 0 Å². The van der Waals surface area contributed by atoms with E-state index in [4.69, 9.17) is 5.53 Å². The molecule has 0 aliphatic carbocycles. The van der Waals surface area contributed by atoms with Crippen LogP contribution in [0.5, 0.6) is 0 Å². The number of hydrogen-bond acceptors (Lipinski definition) is 4. The second-order valence-corrected chi connectivity index (χ2v) is 47.8. The van der Waals surface area contributed by atoms with Gasteiger partial charge in [0.05, 0.1) is 0 Å². The minimum atomic E-state index is -3.19. The number of hydrogen-bond donors (Lipinski definition) is 0. The van der Waals surface area contributed by atoms with Crippen molar-refractivity contribution < 1.29 is 5.53 Å². The van der Waals surface area contributed by atoms with E-state index in [-0.39, 0.29) is 0 Å². The normalized spacial score (nSPS) is 26.1. The molecule has 0 aromatic heterocycles. The van der Waals surface area contributed by atoms with E-state index in [1.165, 1.54) is 29.8 Å². The Morgan fingerprint density at radius 2 is 0.944 bits per heavy atom. The average Bonchev–Trinajstić information content (AvgIpc) is 2.77. The van der Waals surface area contributed by atoms with E-state index in [2.05, 4.69) is 125 Å². The molecule has 4 nitrogen and oxygen atoms in total. The van der Waals surface area contributed by atoms with Crippen LogP contribution < -0.4 is 7.16 Å². The fourth-order valence-electron chi connectivity index (χ4n) is 6.31. The van der Waals surface area contributed by atoms with Crippen LogP contribution in [0.25, 0.3) is 0 Å². The quantitative estimate of drug-likeness (QED) is 0.316. The van der Waals surface area contributed by atoms with Crippen LogP contribution in [0.4, 0.5) is 0 Å². The SMILES string of the molecule is CN(C)CC[CH2][Sn]1([c]2ccccc2)[CH2][Si](C)(C)[O][Sn]([CH2]CCN(C)C)([c]2ccccc2)[CH2][Si](C)(C)[O]1. The molecule has 1 fully saturated rings. The summed E-state index contributed by atoms with van der Waals surface area (Å²) in [6.07, 6.45) is 2.45. The van der Waals surface area contributed by atoms with Gasteiger partial charge in [0.25, 0.3) is 0 Å². The van der Waals surface area contributed by atoms with Gasteiger partial charge in [-0.1, -0.05) is 0 Å². The Morgan fingerprint density at radius 3 is 1.25 bits per heavy atom. The minimum absolute atomic E-state index is 1.14. The van der Waals surface area contributed by atoms with Gasteiger partial charge in [0.2, 0.25) is 0 Å². The number of nitrogens with zero attached hydrogens (tertiary/aromatic N) is 2. The summed E-state index contributed by atoms with van der Waals surface area (Å²) in [5.74, 6) is 0. The van der Waals surface area contributed by atoms with Crippen molar-refractivity contribution in [1.82, 2.24) is 9.80 Å². The van der Waals surface area contributed by atoms with Crippen molar-refractivity contribution in [3.05, 3.63) is 60.7 Å². The van der Waals surface area contributed by atoms with Gasteiger partial charge in [0.15, 0.2) is 0 Å². The Balaban J connectivity index is 2.06. The van der Waals surface area contributed by atoms with Crippen LogP contribution in [0.2, 0.25) is 43.2 Å². The maximum absolute atomic E-state index is 7.80. The molecule has 36 heavy (non-hydrogen) atoms. The first kappa shape index (κ1) is 30.8. The zero-order chi connectivity index (χ0) is 26.5. The fourth-order valence-corrected chi connectivity index (χ4v) is 88.7.